The van der Waals surface area contributed by atoms with Crippen molar-refractivity contribution in [1.82, 2.24) is 4.90 Å². The third-order valence-corrected chi connectivity index (χ3v) is 11.6. The Labute approximate surface area is 208 Å². The largest absolute Gasteiger partial charge is 0.444 e. The van der Waals surface area contributed by atoms with E-state index in [0.29, 0.717) is 12.8 Å². The molecule has 3 aromatic carbocycles. The van der Waals surface area contributed by atoms with Gasteiger partial charge in [-0.25, -0.2) is 9.69 Å². The molecule has 182 valence electrons. The topological polar surface area (TPSA) is 55.8 Å². The van der Waals surface area contributed by atoms with Gasteiger partial charge in [-0.1, -0.05) is 112 Å². The molecule has 0 saturated carbocycles. The first kappa shape index (κ1) is 24.9. The van der Waals surface area contributed by atoms with Gasteiger partial charge in [0.1, 0.15) is 6.61 Å². The third kappa shape index (κ3) is 5.23. The van der Waals surface area contributed by atoms with E-state index < -0.39 is 14.4 Å². The molecule has 35 heavy (non-hydrogen) atoms. The summed E-state index contributed by atoms with van der Waals surface area (Å²) in [6.45, 7) is 7.05. The molecule has 3 aromatic rings. The number of imide groups is 1. The van der Waals surface area contributed by atoms with Gasteiger partial charge in [0.2, 0.25) is 5.91 Å². The second kappa shape index (κ2) is 10.6. The number of hydrogen-bond acceptors (Lipinski definition) is 4. The molecule has 0 spiro atoms. The third-order valence-electron chi connectivity index (χ3n) is 6.64. The van der Waals surface area contributed by atoms with Crippen molar-refractivity contribution >= 4 is 30.7 Å². The SMILES string of the molecule is CC(C)(C)[Si](OC[C@@H]1CCC(=O)N1C(=O)OCc1ccccc1)(c1ccccc1)c1ccccc1. The lowest BCUT2D eigenvalue weighted by Crippen LogP contribution is -2.67. The summed E-state index contributed by atoms with van der Waals surface area (Å²) in [6.07, 6.45) is 0.277. The Morgan fingerprint density at radius 1 is 0.886 bits per heavy atom. The lowest BCUT2D eigenvalue weighted by Gasteiger charge is -2.43. The molecule has 0 unspecified atom stereocenters. The lowest BCUT2D eigenvalue weighted by atomic mass is 10.2. The van der Waals surface area contributed by atoms with Gasteiger partial charge in [-0.2, -0.15) is 0 Å². The maximum Gasteiger partial charge on any atom is 0.417 e. The molecule has 0 aliphatic carbocycles. The molecule has 1 atom stereocenters. The molecule has 1 fully saturated rings. The fraction of sp³-hybridized carbons (Fsp3) is 0.310. The van der Waals surface area contributed by atoms with E-state index in [1.165, 1.54) is 15.3 Å². The van der Waals surface area contributed by atoms with Gasteiger partial charge in [0.05, 0.1) is 12.6 Å². The van der Waals surface area contributed by atoms with Crippen LogP contribution in [0.3, 0.4) is 0 Å². The Balaban J connectivity index is 1.59. The van der Waals surface area contributed by atoms with Crippen LogP contribution in [0.2, 0.25) is 5.04 Å². The molecule has 1 heterocycles. The predicted molar refractivity (Wildman–Crippen MR) is 140 cm³/mol. The molecule has 0 radical (unpaired) electrons. The predicted octanol–water partition coefficient (Wildman–Crippen LogP) is 4.89. The van der Waals surface area contributed by atoms with Crippen LogP contribution in [0.25, 0.3) is 0 Å². The first-order chi connectivity index (χ1) is 16.8. The fourth-order valence-electron chi connectivity index (χ4n) is 4.92. The summed E-state index contributed by atoms with van der Waals surface area (Å²) in [6, 6.07) is 29.9. The average Bonchev–Trinajstić information content (AvgIpc) is 3.24. The van der Waals surface area contributed by atoms with E-state index in [0.717, 1.165) is 5.56 Å². The number of carbonyl (C=O) groups excluding carboxylic acids is 2. The first-order valence-corrected chi connectivity index (χ1v) is 14.0. The van der Waals surface area contributed by atoms with Crippen molar-refractivity contribution in [3.05, 3.63) is 96.6 Å². The van der Waals surface area contributed by atoms with E-state index in [4.69, 9.17) is 9.16 Å². The van der Waals surface area contributed by atoms with Gasteiger partial charge in [0.25, 0.3) is 8.32 Å². The van der Waals surface area contributed by atoms with Crippen molar-refractivity contribution in [3.8, 4) is 0 Å². The van der Waals surface area contributed by atoms with Gasteiger partial charge in [0.15, 0.2) is 0 Å². The van der Waals surface area contributed by atoms with Crippen molar-refractivity contribution in [2.24, 2.45) is 0 Å². The van der Waals surface area contributed by atoms with Crippen LogP contribution in [-0.2, 0) is 20.6 Å². The van der Waals surface area contributed by atoms with Crippen LogP contribution in [0.1, 0.15) is 39.2 Å². The van der Waals surface area contributed by atoms with E-state index in [-0.39, 0.29) is 30.2 Å². The quantitative estimate of drug-likeness (QED) is 0.445. The van der Waals surface area contributed by atoms with Gasteiger partial charge in [-0.3, -0.25) is 4.79 Å². The lowest BCUT2D eigenvalue weighted by molar-refractivity contribution is -0.127. The number of hydrogen-bond donors (Lipinski definition) is 0. The summed E-state index contributed by atoms with van der Waals surface area (Å²) in [4.78, 5) is 26.9. The standard InChI is InChI=1S/C29H33NO4Si/c1-29(2,3)35(25-15-9-5-10-16-25,26-17-11-6-12-18-26)34-22-24-19-20-27(31)30(24)28(32)33-21-23-13-7-4-8-14-23/h4-18,24H,19-22H2,1-3H3/t24-/m0/s1. The van der Waals surface area contributed by atoms with E-state index in [9.17, 15) is 9.59 Å². The van der Waals surface area contributed by atoms with Gasteiger partial charge in [-0.15, -0.1) is 0 Å². The van der Waals surface area contributed by atoms with Crippen molar-refractivity contribution in [2.75, 3.05) is 6.61 Å². The van der Waals surface area contributed by atoms with E-state index in [1.54, 1.807) is 0 Å². The number of rotatable bonds is 7. The number of amides is 2. The fourth-order valence-corrected chi connectivity index (χ4v) is 9.52. The number of likely N-dealkylation sites (tertiary alicyclic amines) is 1. The number of carbonyl (C=O) groups is 2. The highest BCUT2D eigenvalue weighted by Crippen LogP contribution is 2.37. The smallest absolute Gasteiger partial charge is 0.417 e. The zero-order valence-electron chi connectivity index (χ0n) is 20.6. The Hall–Kier alpha value is -3.22. The number of ether oxygens (including phenoxy) is 1. The minimum atomic E-state index is -2.76. The minimum Gasteiger partial charge on any atom is -0.444 e. The Morgan fingerprint density at radius 2 is 1.40 bits per heavy atom. The van der Waals surface area contributed by atoms with Gasteiger partial charge < -0.3 is 9.16 Å². The molecule has 4 rings (SSSR count). The van der Waals surface area contributed by atoms with Crippen LogP contribution in [0.4, 0.5) is 4.79 Å². The summed E-state index contributed by atoms with van der Waals surface area (Å²) in [5.41, 5.74) is 0.882. The maximum absolute atomic E-state index is 12.9. The van der Waals surface area contributed by atoms with E-state index in [1.807, 2.05) is 66.7 Å². The number of benzene rings is 3. The molecular formula is C29H33NO4Si. The van der Waals surface area contributed by atoms with Gasteiger partial charge in [-0.05, 0) is 27.4 Å². The van der Waals surface area contributed by atoms with Crippen LogP contribution < -0.4 is 10.4 Å². The van der Waals surface area contributed by atoms with Crippen molar-refractivity contribution in [3.63, 3.8) is 0 Å². The summed E-state index contributed by atoms with van der Waals surface area (Å²) in [5.74, 6) is -0.209. The molecule has 0 N–H and O–H groups in total. The summed E-state index contributed by atoms with van der Waals surface area (Å²) >= 11 is 0. The van der Waals surface area contributed by atoms with Crippen LogP contribution in [-0.4, -0.2) is 37.9 Å². The normalized spacial score (nSPS) is 16.4. The highest BCUT2D eigenvalue weighted by Gasteiger charge is 2.51. The van der Waals surface area contributed by atoms with Gasteiger partial charge >= 0.3 is 6.09 Å². The Morgan fingerprint density at radius 3 is 1.91 bits per heavy atom. The minimum absolute atomic E-state index is 0.131. The molecule has 5 nitrogen and oxygen atoms in total. The number of nitrogens with zero attached hydrogens (tertiary/aromatic N) is 1. The van der Waals surface area contributed by atoms with Crippen LogP contribution in [0.15, 0.2) is 91.0 Å². The molecular weight excluding hydrogens is 454 g/mol. The summed E-state index contributed by atoms with van der Waals surface area (Å²) < 4.78 is 12.5. The molecule has 0 aromatic heterocycles. The maximum atomic E-state index is 12.9. The van der Waals surface area contributed by atoms with Crippen molar-refractivity contribution < 1.29 is 18.8 Å². The molecule has 0 bridgehead atoms. The zero-order chi connectivity index (χ0) is 24.9. The molecule has 6 heteroatoms. The highest BCUT2D eigenvalue weighted by atomic mass is 28.4. The molecule has 1 saturated heterocycles. The molecule has 1 aliphatic rings. The van der Waals surface area contributed by atoms with Crippen molar-refractivity contribution in [2.45, 2.75) is 51.3 Å². The van der Waals surface area contributed by atoms with E-state index >= 15 is 0 Å². The summed E-state index contributed by atoms with van der Waals surface area (Å²) in [5, 5.41) is 2.15. The van der Waals surface area contributed by atoms with Crippen LogP contribution >= 0.6 is 0 Å². The molecule has 2 amide bonds. The Kier molecular flexibility index (Phi) is 7.53. The van der Waals surface area contributed by atoms with Gasteiger partial charge in [0, 0.05) is 6.42 Å². The first-order valence-electron chi connectivity index (χ1n) is 12.1. The van der Waals surface area contributed by atoms with Crippen molar-refractivity contribution in [1.29, 1.82) is 0 Å². The highest BCUT2D eigenvalue weighted by molar-refractivity contribution is 6.99. The second-order valence-corrected chi connectivity index (χ2v) is 14.3. The van der Waals surface area contributed by atoms with Crippen LogP contribution in [0, 0.1) is 0 Å². The Bertz CT molecular complexity index is 1090. The molecule has 1 aliphatic heterocycles. The zero-order valence-corrected chi connectivity index (χ0v) is 21.6. The van der Waals surface area contributed by atoms with E-state index in [2.05, 4.69) is 45.0 Å². The average molecular weight is 488 g/mol. The summed E-state index contributed by atoms with van der Waals surface area (Å²) in [7, 11) is -2.76. The monoisotopic (exact) mass is 487 g/mol. The van der Waals surface area contributed by atoms with Crippen LogP contribution in [0.5, 0.6) is 0 Å². The second-order valence-electron chi connectivity index (χ2n) is 9.97.